The molecular weight excluding hydrogens is 334 g/mol. The minimum Gasteiger partial charge on any atom is -0.481 e. The zero-order chi connectivity index (χ0) is 18.4. The van der Waals surface area contributed by atoms with Crippen LogP contribution in [0.3, 0.4) is 0 Å². The highest BCUT2D eigenvalue weighted by Gasteiger charge is 2.31. The van der Waals surface area contributed by atoms with Crippen molar-refractivity contribution in [2.75, 3.05) is 18.4 Å². The lowest BCUT2D eigenvalue weighted by Crippen LogP contribution is -2.55. The maximum atomic E-state index is 11.9. The molecule has 3 rings (SSSR count). The van der Waals surface area contributed by atoms with Crippen LogP contribution in [0.1, 0.15) is 17.5 Å². The highest BCUT2D eigenvalue weighted by Crippen LogP contribution is 2.14. The third-order valence-corrected chi connectivity index (χ3v) is 4.19. The molecule has 0 bridgehead atoms. The van der Waals surface area contributed by atoms with Gasteiger partial charge in [-0.05, 0) is 5.56 Å². The van der Waals surface area contributed by atoms with Crippen molar-refractivity contribution in [3.8, 4) is 0 Å². The van der Waals surface area contributed by atoms with Crippen molar-refractivity contribution in [3.63, 3.8) is 0 Å². The number of aliphatic carboxylic acids is 1. The van der Waals surface area contributed by atoms with Gasteiger partial charge in [-0.2, -0.15) is 0 Å². The molecule has 136 valence electrons. The maximum absolute atomic E-state index is 11.9. The summed E-state index contributed by atoms with van der Waals surface area (Å²) in [7, 11) is 0. The van der Waals surface area contributed by atoms with Crippen molar-refractivity contribution in [1.29, 1.82) is 0 Å². The first kappa shape index (κ1) is 17.8. The number of rotatable bonds is 7. The SMILES string of the molecule is O=C(O)C[C@H]1C(=O)NCCN1Cc1cnc(NCc2ccccc2)nc1. The van der Waals surface area contributed by atoms with Crippen LogP contribution in [-0.2, 0) is 22.7 Å². The molecule has 1 atom stereocenters. The highest BCUT2D eigenvalue weighted by atomic mass is 16.4. The summed E-state index contributed by atoms with van der Waals surface area (Å²) in [6.07, 6.45) is 3.18. The molecule has 0 saturated carbocycles. The molecule has 1 aromatic heterocycles. The number of carboxylic acids is 1. The Morgan fingerprint density at radius 2 is 1.96 bits per heavy atom. The number of carboxylic acid groups (broad SMARTS) is 1. The number of piperazine rings is 1. The predicted molar refractivity (Wildman–Crippen MR) is 95.3 cm³/mol. The van der Waals surface area contributed by atoms with Crippen LogP contribution < -0.4 is 10.6 Å². The fraction of sp³-hybridized carbons (Fsp3) is 0.333. The third-order valence-electron chi connectivity index (χ3n) is 4.19. The molecular formula is C18H21N5O3. The lowest BCUT2D eigenvalue weighted by atomic mass is 10.1. The number of carbonyl (C=O) groups excluding carboxylic acids is 1. The van der Waals surface area contributed by atoms with Crippen molar-refractivity contribution >= 4 is 17.8 Å². The van der Waals surface area contributed by atoms with Gasteiger partial charge in [0.1, 0.15) is 6.04 Å². The second-order valence-electron chi connectivity index (χ2n) is 6.13. The van der Waals surface area contributed by atoms with Gasteiger partial charge in [-0.1, -0.05) is 30.3 Å². The van der Waals surface area contributed by atoms with Gasteiger partial charge < -0.3 is 15.7 Å². The van der Waals surface area contributed by atoms with Gasteiger partial charge in [0.2, 0.25) is 11.9 Å². The fourth-order valence-corrected chi connectivity index (χ4v) is 2.88. The molecule has 2 heterocycles. The van der Waals surface area contributed by atoms with E-state index < -0.39 is 12.0 Å². The molecule has 1 aromatic carbocycles. The number of hydrogen-bond acceptors (Lipinski definition) is 6. The number of benzene rings is 1. The van der Waals surface area contributed by atoms with E-state index in [2.05, 4.69) is 20.6 Å². The molecule has 2 aromatic rings. The largest absolute Gasteiger partial charge is 0.481 e. The van der Waals surface area contributed by atoms with Crippen LogP contribution in [0.4, 0.5) is 5.95 Å². The quantitative estimate of drug-likeness (QED) is 0.676. The third kappa shape index (κ3) is 4.76. The lowest BCUT2D eigenvalue weighted by molar-refractivity contribution is -0.143. The van der Waals surface area contributed by atoms with Crippen LogP contribution in [0.5, 0.6) is 0 Å². The van der Waals surface area contributed by atoms with Crippen molar-refractivity contribution in [3.05, 3.63) is 53.9 Å². The normalized spacial score (nSPS) is 17.5. The number of amides is 1. The Hall–Kier alpha value is -3.00. The molecule has 1 aliphatic heterocycles. The summed E-state index contributed by atoms with van der Waals surface area (Å²) in [6.45, 7) is 2.17. The minimum absolute atomic E-state index is 0.219. The van der Waals surface area contributed by atoms with E-state index in [1.807, 2.05) is 35.2 Å². The monoisotopic (exact) mass is 355 g/mol. The van der Waals surface area contributed by atoms with Crippen LogP contribution in [0, 0.1) is 0 Å². The summed E-state index contributed by atoms with van der Waals surface area (Å²) in [5, 5.41) is 14.9. The number of anilines is 1. The first-order valence-corrected chi connectivity index (χ1v) is 8.44. The zero-order valence-electron chi connectivity index (χ0n) is 14.3. The Balaban J connectivity index is 1.59. The van der Waals surface area contributed by atoms with Crippen LogP contribution in [0.2, 0.25) is 0 Å². The van der Waals surface area contributed by atoms with E-state index in [4.69, 9.17) is 5.11 Å². The first-order valence-electron chi connectivity index (χ1n) is 8.44. The number of aromatic nitrogens is 2. The van der Waals surface area contributed by atoms with Gasteiger partial charge >= 0.3 is 5.97 Å². The summed E-state index contributed by atoms with van der Waals surface area (Å²) in [4.78, 5) is 33.4. The van der Waals surface area contributed by atoms with E-state index in [9.17, 15) is 9.59 Å². The van der Waals surface area contributed by atoms with Crippen molar-refractivity contribution in [2.24, 2.45) is 0 Å². The highest BCUT2D eigenvalue weighted by molar-refractivity contribution is 5.86. The first-order chi connectivity index (χ1) is 12.6. The van der Waals surface area contributed by atoms with Crippen molar-refractivity contribution in [2.45, 2.75) is 25.6 Å². The van der Waals surface area contributed by atoms with Gasteiger partial charge in [-0.3, -0.25) is 14.5 Å². The number of hydrogen-bond donors (Lipinski definition) is 3. The van der Waals surface area contributed by atoms with Crippen molar-refractivity contribution in [1.82, 2.24) is 20.2 Å². The molecule has 3 N–H and O–H groups in total. The summed E-state index contributed by atoms with van der Waals surface area (Å²) in [6, 6.07) is 9.29. The molecule has 1 aliphatic rings. The number of nitrogens with zero attached hydrogens (tertiary/aromatic N) is 3. The smallest absolute Gasteiger partial charge is 0.305 e. The molecule has 1 amide bonds. The topological polar surface area (TPSA) is 107 Å². The summed E-state index contributed by atoms with van der Waals surface area (Å²) < 4.78 is 0. The average Bonchev–Trinajstić information content (AvgIpc) is 2.65. The lowest BCUT2D eigenvalue weighted by Gasteiger charge is -2.34. The maximum Gasteiger partial charge on any atom is 0.305 e. The van der Waals surface area contributed by atoms with Gasteiger partial charge in [-0.25, -0.2) is 9.97 Å². The Bertz CT molecular complexity index is 751. The molecule has 0 radical (unpaired) electrons. The zero-order valence-corrected chi connectivity index (χ0v) is 14.3. The Labute approximate surface area is 151 Å². The summed E-state index contributed by atoms with van der Waals surface area (Å²) >= 11 is 0. The van der Waals surface area contributed by atoms with Gasteiger partial charge in [0.15, 0.2) is 0 Å². The average molecular weight is 355 g/mol. The molecule has 8 nitrogen and oxygen atoms in total. The Kier molecular flexibility index (Phi) is 5.75. The number of nitrogens with one attached hydrogen (secondary N) is 2. The standard InChI is InChI=1S/C18H21N5O3/c24-16(25)8-15-17(26)19-6-7-23(15)12-14-10-21-18(22-11-14)20-9-13-4-2-1-3-5-13/h1-5,10-11,15H,6-9,12H2,(H,19,26)(H,24,25)(H,20,21,22)/t15-/m0/s1. The second kappa shape index (κ2) is 8.39. The Morgan fingerprint density at radius 3 is 2.65 bits per heavy atom. The van der Waals surface area contributed by atoms with E-state index >= 15 is 0 Å². The molecule has 26 heavy (non-hydrogen) atoms. The summed E-state index contributed by atoms with van der Waals surface area (Å²) in [5.41, 5.74) is 1.97. The van der Waals surface area contributed by atoms with Crippen LogP contribution in [0.25, 0.3) is 0 Å². The van der Waals surface area contributed by atoms with Gasteiger partial charge in [0.05, 0.1) is 6.42 Å². The second-order valence-corrected chi connectivity index (χ2v) is 6.13. The predicted octanol–water partition coefficient (Wildman–Crippen LogP) is 0.864. The van der Waals surface area contributed by atoms with Crippen LogP contribution in [-0.4, -0.2) is 51.0 Å². The van der Waals surface area contributed by atoms with E-state index in [-0.39, 0.29) is 12.3 Å². The van der Waals surface area contributed by atoms with E-state index in [0.29, 0.717) is 32.1 Å². The fourth-order valence-electron chi connectivity index (χ4n) is 2.88. The van der Waals surface area contributed by atoms with E-state index in [1.165, 1.54) is 0 Å². The summed E-state index contributed by atoms with van der Waals surface area (Å²) in [5.74, 6) is -0.717. The van der Waals surface area contributed by atoms with E-state index in [1.54, 1.807) is 12.4 Å². The van der Waals surface area contributed by atoms with Gasteiger partial charge in [-0.15, -0.1) is 0 Å². The molecule has 8 heteroatoms. The van der Waals surface area contributed by atoms with Crippen LogP contribution >= 0.6 is 0 Å². The molecule has 1 saturated heterocycles. The molecule has 0 aliphatic carbocycles. The van der Waals surface area contributed by atoms with Gasteiger partial charge in [0, 0.05) is 44.1 Å². The molecule has 0 spiro atoms. The van der Waals surface area contributed by atoms with Crippen LogP contribution in [0.15, 0.2) is 42.7 Å². The van der Waals surface area contributed by atoms with Gasteiger partial charge in [0.25, 0.3) is 0 Å². The molecule has 1 fully saturated rings. The Morgan fingerprint density at radius 1 is 1.23 bits per heavy atom. The van der Waals surface area contributed by atoms with E-state index in [0.717, 1.165) is 11.1 Å². The number of carbonyl (C=O) groups is 2. The minimum atomic E-state index is -0.992. The van der Waals surface area contributed by atoms with Crippen molar-refractivity contribution < 1.29 is 14.7 Å². The molecule has 0 unspecified atom stereocenters.